The Morgan fingerprint density at radius 3 is 2.80 bits per heavy atom. The van der Waals surface area contributed by atoms with Crippen LogP contribution in [0.25, 0.3) is 0 Å². The van der Waals surface area contributed by atoms with Crippen LogP contribution in [0.1, 0.15) is 31.4 Å². The van der Waals surface area contributed by atoms with E-state index in [4.69, 9.17) is 5.11 Å². The van der Waals surface area contributed by atoms with Gasteiger partial charge in [-0.2, -0.15) is 0 Å². The number of pyridine rings is 1. The summed E-state index contributed by atoms with van der Waals surface area (Å²) in [6, 6.07) is 5.45. The van der Waals surface area contributed by atoms with E-state index >= 15 is 0 Å². The van der Waals surface area contributed by atoms with E-state index < -0.39 is 11.9 Å². The third kappa shape index (κ3) is 3.17. The fraction of sp³-hybridized carbons (Fsp3) is 0.462. The Morgan fingerprint density at radius 1 is 1.35 bits per heavy atom. The van der Waals surface area contributed by atoms with Crippen molar-refractivity contribution < 1.29 is 9.90 Å². The van der Waals surface area contributed by atoms with Gasteiger partial charge in [-0.15, -0.1) is 5.10 Å². The summed E-state index contributed by atoms with van der Waals surface area (Å²) in [5, 5.41) is 20.6. The fourth-order valence-corrected chi connectivity index (χ4v) is 1.90. The van der Waals surface area contributed by atoms with Gasteiger partial charge in [0, 0.05) is 18.3 Å². The first-order valence-electron chi connectivity index (χ1n) is 6.49. The molecule has 0 amide bonds. The molecule has 7 heteroatoms. The summed E-state index contributed by atoms with van der Waals surface area (Å²) in [6.45, 7) is 3.45. The second-order valence-electron chi connectivity index (χ2n) is 4.73. The van der Waals surface area contributed by atoms with E-state index in [0.29, 0.717) is 12.2 Å². The average Bonchev–Trinajstić information content (AvgIpc) is 2.93. The average molecular weight is 275 g/mol. The van der Waals surface area contributed by atoms with Crippen LogP contribution >= 0.6 is 0 Å². The lowest BCUT2D eigenvalue weighted by atomic mass is 10.0. The second kappa shape index (κ2) is 6.23. The predicted octanol–water partition coefficient (Wildman–Crippen LogP) is 1.13. The van der Waals surface area contributed by atoms with Crippen LogP contribution in [0.2, 0.25) is 0 Å². The first-order valence-corrected chi connectivity index (χ1v) is 6.49. The number of aryl methyl sites for hydroxylation is 2. The van der Waals surface area contributed by atoms with Crippen molar-refractivity contribution in [2.24, 2.45) is 5.92 Å². The predicted molar refractivity (Wildman–Crippen MR) is 71.0 cm³/mol. The third-order valence-electron chi connectivity index (χ3n) is 3.39. The number of carboxylic acid groups (broad SMARTS) is 1. The van der Waals surface area contributed by atoms with Crippen molar-refractivity contribution in [2.45, 2.75) is 32.7 Å². The Labute approximate surface area is 116 Å². The Hall–Kier alpha value is -2.31. The van der Waals surface area contributed by atoms with E-state index in [-0.39, 0.29) is 6.04 Å². The summed E-state index contributed by atoms with van der Waals surface area (Å²) < 4.78 is 1.59. The van der Waals surface area contributed by atoms with Crippen LogP contribution in [0.3, 0.4) is 0 Å². The minimum atomic E-state index is -0.858. The number of tetrazole rings is 1. The lowest BCUT2D eigenvalue weighted by Crippen LogP contribution is -2.24. The molecule has 1 N–H and O–H groups in total. The molecule has 2 rings (SSSR count). The highest BCUT2D eigenvalue weighted by molar-refractivity contribution is 5.70. The SMILES string of the molecule is CC(C(=O)O)C(C)n1nnnc1CCc1ccccn1. The van der Waals surface area contributed by atoms with Crippen LogP contribution in [-0.2, 0) is 17.6 Å². The number of hydrogen-bond donors (Lipinski definition) is 1. The zero-order valence-electron chi connectivity index (χ0n) is 11.5. The summed E-state index contributed by atoms with van der Waals surface area (Å²) in [5.41, 5.74) is 0.959. The van der Waals surface area contributed by atoms with Gasteiger partial charge >= 0.3 is 5.97 Å². The van der Waals surface area contributed by atoms with Gasteiger partial charge in [0.1, 0.15) is 0 Å². The molecule has 0 saturated carbocycles. The summed E-state index contributed by atoms with van der Waals surface area (Å²) in [6.07, 6.45) is 3.09. The number of nitrogens with zero attached hydrogens (tertiary/aromatic N) is 5. The van der Waals surface area contributed by atoms with E-state index in [0.717, 1.165) is 12.1 Å². The van der Waals surface area contributed by atoms with E-state index in [2.05, 4.69) is 20.5 Å². The first kappa shape index (κ1) is 14.1. The van der Waals surface area contributed by atoms with Crippen molar-refractivity contribution >= 4 is 5.97 Å². The normalized spacial score (nSPS) is 13.9. The molecule has 2 heterocycles. The van der Waals surface area contributed by atoms with Gasteiger partial charge in [0.25, 0.3) is 0 Å². The minimum absolute atomic E-state index is 0.291. The molecule has 0 radical (unpaired) electrons. The lowest BCUT2D eigenvalue weighted by Gasteiger charge is -2.17. The largest absolute Gasteiger partial charge is 0.481 e. The fourth-order valence-electron chi connectivity index (χ4n) is 1.90. The summed E-state index contributed by atoms with van der Waals surface area (Å²) >= 11 is 0. The van der Waals surface area contributed by atoms with Crippen LogP contribution in [0, 0.1) is 5.92 Å². The summed E-state index contributed by atoms with van der Waals surface area (Å²) in [7, 11) is 0. The maximum absolute atomic E-state index is 11.0. The van der Waals surface area contributed by atoms with Crippen molar-refractivity contribution in [3.8, 4) is 0 Å². The molecule has 2 unspecified atom stereocenters. The highest BCUT2D eigenvalue weighted by Gasteiger charge is 2.24. The van der Waals surface area contributed by atoms with Crippen LogP contribution in [0.4, 0.5) is 0 Å². The molecule has 2 aromatic rings. The van der Waals surface area contributed by atoms with E-state index in [1.165, 1.54) is 0 Å². The number of aliphatic carboxylic acids is 1. The van der Waals surface area contributed by atoms with Gasteiger partial charge in [-0.3, -0.25) is 9.78 Å². The molecule has 0 saturated heterocycles. The Balaban J connectivity index is 2.07. The third-order valence-corrected chi connectivity index (χ3v) is 3.39. The molecule has 2 atom stereocenters. The van der Waals surface area contributed by atoms with E-state index in [1.54, 1.807) is 24.7 Å². The number of carbonyl (C=O) groups is 1. The summed E-state index contributed by atoms with van der Waals surface area (Å²) in [5.74, 6) is -0.730. The second-order valence-corrected chi connectivity index (χ2v) is 4.73. The standard InChI is InChI=1S/C13H17N5O2/c1-9(13(19)20)10(2)18-12(15-16-17-18)7-6-11-5-3-4-8-14-11/h3-5,8-10H,6-7H2,1-2H3,(H,19,20). The highest BCUT2D eigenvalue weighted by Crippen LogP contribution is 2.18. The molecule has 0 aliphatic carbocycles. The Kier molecular flexibility index (Phi) is 4.39. The first-order chi connectivity index (χ1) is 9.59. The summed E-state index contributed by atoms with van der Waals surface area (Å²) in [4.78, 5) is 15.3. The maximum Gasteiger partial charge on any atom is 0.308 e. The van der Waals surface area contributed by atoms with Crippen molar-refractivity contribution in [1.82, 2.24) is 25.2 Å². The molecule has 0 fully saturated rings. The van der Waals surface area contributed by atoms with Crippen LogP contribution in [0.5, 0.6) is 0 Å². The number of rotatable bonds is 6. The van der Waals surface area contributed by atoms with Crippen molar-refractivity contribution in [2.75, 3.05) is 0 Å². The van der Waals surface area contributed by atoms with Crippen LogP contribution in [0.15, 0.2) is 24.4 Å². The monoisotopic (exact) mass is 275 g/mol. The van der Waals surface area contributed by atoms with Crippen LogP contribution < -0.4 is 0 Å². The van der Waals surface area contributed by atoms with Gasteiger partial charge in [-0.1, -0.05) is 6.07 Å². The molecule has 0 aliphatic heterocycles. The zero-order chi connectivity index (χ0) is 14.5. The number of carboxylic acids is 1. The quantitative estimate of drug-likeness (QED) is 0.849. The van der Waals surface area contributed by atoms with Gasteiger partial charge in [-0.25, -0.2) is 4.68 Å². The molecular formula is C13H17N5O2. The topological polar surface area (TPSA) is 93.8 Å². The molecule has 0 bridgehead atoms. The van der Waals surface area contributed by atoms with Crippen molar-refractivity contribution in [3.05, 3.63) is 35.9 Å². The van der Waals surface area contributed by atoms with Crippen molar-refractivity contribution in [3.63, 3.8) is 0 Å². The Morgan fingerprint density at radius 2 is 2.15 bits per heavy atom. The van der Waals surface area contributed by atoms with Gasteiger partial charge in [0.15, 0.2) is 5.82 Å². The number of hydrogen-bond acceptors (Lipinski definition) is 5. The van der Waals surface area contributed by atoms with Gasteiger partial charge in [-0.05, 0) is 42.8 Å². The highest BCUT2D eigenvalue weighted by atomic mass is 16.4. The van der Waals surface area contributed by atoms with Gasteiger partial charge in [0.2, 0.25) is 0 Å². The molecule has 2 aromatic heterocycles. The smallest absolute Gasteiger partial charge is 0.308 e. The molecular weight excluding hydrogens is 258 g/mol. The van der Waals surface area contributed by atoms with Crippen LogP contribution in [-0.4, -0.2) is 36.3 Å². The molecule has 7 nitrogen and oxygen atoms in total. The maximum atomic E-state index is 11.0. The molecule has 106 valence electrons. The van der Waals surface area contributed by atoms with Gasteiger partial charge < -0.3 is 5.11 Å². The van der Waals surface area contributed by atoms with E-state index in [1.807, 2.05) is 18.2 Å². The molecule has 0 spiro atoms. The molecule has 0 aromatic carbocycles. The van der Waals surface area contributed by atoms with Crippen molar-refractivity contribution in [1.29, 1.82) is 0 Å². The van der Waals surface area contributed by atoms with E-state index in [9.17, 15) is 4.79 Å². The molecule has 0 aliphatic rings. The zero-order valence-corrected chi connectivity index (χ0v) is 11.5. The number of aromatic nitrogens is 5. The van der Waals surface area contributed by atoms with Gasteiger partial charge in [0.05, 0.1) is 12.0 Å². The lowest BCUT2D eigenvalue weighted by molar-refractivity contribution is -0.142. The Bertz CT molecular complexity index is 569. The minimum Gasteiger partial charge on any atom is -0.481 e. The molecule has 20 heavy (non-hydrogen) atoms.